The number of nitrogens with one attached hydrogen (secondary N) is 2. The molecule has 3 unspecified atom stereocenters. The Morgan fingerprint density at radius 1 is 1.03 bits per heavy atom. The molecule has 2 aromatic rings. The van der Waals surface area contributed by atoms with E-state index in [1.165, 1.54) is 0 Å². The minimum Gasteiger partial charge on any atom is -0.481 e. The minimum absolute atomic E-state index is 0.00880. The SMILES string of the molecule is CCC1CCCC1NC(=O)C(CCC(=O)O)NC(=O)OCC1c2ccccc2-c2ccccc21. The third kappa shape index (κ3) is 5.24. The first-order valence-electron chi connectivity index (χ1n) is 12.1. The molecule has 3 atom stereocenters. The standard InChI is InChI=1S/C27H32N2O5/c1-2-17-8-7-13-23(17)28-26(32)24(14-15-25(30)31)29-27(33)34-16-22-20-11-5-3-9-18(20)19-10-4-6-12-21(19)22/h3-6,9-12,17,22-24H,2,7-8,13-16H2,1H3,(H,28,32)(H,29,33)(H,30,31). The number of fused-ring (bicyclic) bond motifs is 3. The van der Waals surface area contributed by atoms with Crippen molar-refractivity contribution in [1.29, 1.82) is 0 Å². The lowest BCUT2D eigenvalue weighted by molar-refractivity contribution is -0.137. The van der Waals surface area contributed by atoms with Crippen LogP contribution in [0.25, 0.3) is 11.1 Å². The van der Waals surface area contributed by atoms with Crippen LogP contribution in [0.2, 0.25) is 0 Å². The number of carboxylic acid groups (broad SMARTS) is 1. The van der Waals surface area contributed by atoms with Gasteiger partial charge in [-0.05, 0) is 47.4 Å². The van der Waals surface area contributed by atoms with Crippen LogP contribution in [0, 0.1) is 5.92 Å². The summed E-state index contributed by atoms with van der Waals surface area (Å²) in [5, 5.41) is 14.7. The van der Waals surface area contributed by atoms with Crippen LogP contribution in [-0.2, 0) is 14.3 Å². The number of hydrogen-bond donors (Lipinski definition) is 3. The maximum Gasteiger partial charge on any atom is 0.407 e. The van der Waals surface area contributed by atoms with E-state index in [2.05, 4.69) is 29.7 Å². The van der Waals surface area contributed by atoms with E-state index in [0.29, 0.717) is 5.92 Å². The number of carboxylic acids is 1. The number of hydrogen-bond acceptors (Lipinski definition) is 4. The molecule has 7 nitrogen and oxygen atoms in total. The van der Waals surface area contributed by atoms with Gasteiger partial charge in [-0.15, -0.1) is 0 Å². The molecule has 2 aliphatic carbocycles. The zero-order valence-electron chi connectivity index (χ0n) is 19.5. The molecule has 1 fully saturated rings. The second-order valence-electron chi connectivity index (χ2n) is 9.17. The van der Waals surface area contributed by atoms with E-state index in [9.17, 15) is 14.4 Å². The third-order valence-corrected chi connectivity index (χ3v) is 7.11. The summed E-state index contributed by atoms with van der Waals surface area (Å²) in [5.74, 6) is -1.04. The van der Waals surface area contributed by atoms with Gasteiger partial charge in [0.1, 0.15) is 12.6 Å². The number of carbonyl (C=O) groups is 3. The van der Waals surface area contributed by atoms with Crippen LogP contribution in [0.1, 0.15) is 62.5 Å². The first-order valence-corrected chi connectivity index (χ1v) is 12.1. The molecule has 0 radical (unpaired) electrons. The van der Waals surface area contributed by atoms with Crippen molar-refractivity contribution in [3.63, 3.8) is 0 Å². The van der Waals surface area contributed by atoms with E-state index >= 15 is 0 Å². The first kappa shape index (κ1) is 23.8. The highest BCUT2D eigenvalue weighted by Gasteiger charge is 2.32. The number of ether oxygens (including phenoxy) is 1. The molecule has 0 aliphatic heterocycles. The molecule has 180 valence electrons. The molecule has 0 heterocycles. The highest BCUT2D eigenvalue weighted by Crippen LogP contribution is 2.44. The summed E-state index contributed by atoms with van der Waals surface area (Å²) < 4.78 is 5.56. The summed E-state index contributed by atoms with van der Waals surface area (Å²) >= 11 is 0. The Hall–Kier alpha value is -3.35. The molecule has 2 amide bonds. The first-order chi connectivity index (χ1) is 16.5. The van der Waals surface area contributed by atoms with Crippen molar-refractivity contribution in [1.82, 2.24) is 10.6 Å². The number of rotatable bonds is 9. The minimum atomic E-state index is -1.01. The molecule has 0 saturated heterocycles. The largest absolute Gasteiger partial charge is 0.481 e. The van der Waals surface area contributed by atoms with Gasteiger partial charge in [0.2, 0.25) is 5.91 Å². The highest BCUT2D eigenvalue weighted by atomic mass is 16.5. The molecular formula is C27H32N2O5. The van der Waals surface area contributed by atoms with E-state index in [0.717, 1.165) is 47.9 Å². The van der Waals surface area contributed by atoms with Gasteiger partial charge in [-0.25, -0.2) is 4.79 Å². The van der Waals surface area contributed by atoms with Gasteiger partial charge in [-0.3, -0.25) is 9.59 Å². The summed E-state index contributed by atoms with van der Waals surface area (Å²) in [7, 11) is 0. The number of carbonyl (C=O) groups excluding carboxylic acids is 2. The average molecular weight is 465 g/mol. The van der Waals surface area contributed by atoms with Gasteiger partial charge in [-0.1, -0.05) is 68.3 Å². The van der Waals surface area contributed by atoms with Crippen molar-refractivity contribution in [2.75, 3.05) is 6.61 Å². The normalized spacial score (nSPS) is 19.7. The average Bonchev–Trinajstić information content (AvgIpc) is 3.42. The molecule has 3 N–H and O–H groups in total. The maximum atomic E-state index is 12.9. The predicted octanol–water partition coefficient (Wildman–Crippen LogP) is 4.45. The Morgan fingerprint density at radius 2 is 1.68 bits per heavy atom. The van der Waals surface area contributed by atoms with Gasteiger partial charge in [-0.2, -0.15) is 0 Å². The van der Waals surface area contributed by atoms with Crippen molar-refractivity contribution in [3.8, 4) is 11.1 Å². The lowest BCUT2D eigenvalue weighted by Gasteiger charge is -2.24. The fraction of sp³-hybridized carbons (Fsp3) is 0.444. The van der Waals surface area contributed by atoms with Crippen molar-refractivity contribution in [2.24, 2.45) is 5.92 Å². The molecule has 2 aliphatic rings. The van der Waals surface area contributed by atoms with Crippen LogP contribution in [0.5, 0.6) is 0 Å². The highest BCUT2D eigenvalue weighted by molar-refractivity contribution is 5.86. The zero-order chi connectivity index (χ0) is 24.1. The number of benzene rings is 2. The van der Waals surface area contributed by atoms with E-state index in [-0.39, 0.29) is 37.3 Å². The Kier molecular flexibility index (Phi) is 7.50. The Bertz CT molecular complexity index is 1010. The van der Waals surface area contributed by atoms with Crippen LogP contribution in [0.4, 0.5) is 4.79 Å². The topological polar surface area (TPSA) is 105 Å². The fourth-order valence-corrected chi connectivity index (χ4v) is 5.32. The number of amides is 2. The van der Waals surface area contributed by atoms with Gasteiger partial charge in [0.25, 0.3) is 0 Å². The van der Waals surface area contributed by atoms with Crippen LogP contribution in [0.15, 0.2) is 48.5 Å². The molecule has 2 aromatic carbocycles. The molecule has 1 saturated carbocycles. The van der Waals surface area contributed by atoms with Crippen molar-refractivity contribution in [3.05, 3.63) is 59.7 Å². The lowest BCUT2D eigenvalue weighted by Crippen LogP contribution is -2.50. The summed E-state index contributed by atoms with van der Waals surface area (Å²) in [6.45, 7) is 2.24. The van der Waals surface area contributed by atoms with Gasteiger partial charge in [0.15, 0.2) is 0 Å². The van der Waals surface area contributed by atoms with Crippen molar-refractivity contribution >= 4 is 18.0 Å². The van der Waals surface area contributed by atoms with Crippen LogP contribution >= 0.6 is 0 Å². The second kappa shape index (κ2) is 10.7. The van der Waals surface area contributed by atoms with E-state index in [1.807, 2.05) is 36.4 Å². The summed E-state index contributed by atoms with van der Waals surface area (Å²) in [5.41, 5.74) is 4.47. The Labute approximate surface area is 199 Å². The summed E-state index contributed by atoms with van der Waals surface area (Å²) in [4.78, 5) is 36.7. The van der Waals surface area contributed by atoms with Crippen LogP contribution in [-0.4, -0.2) is 41.8 Å². The van der Waals surface area contributed by atoms with Crippen LogP contribution < -0.4 is 10.6 Å². The molecule has 0 spiro atoms. The quantitative estimate of drug-likeness (QED) is 0.508. The molecule has 0 aromatic heterocycles. The second-order valence-corrected chi connectivity index (χ2v) is 9.17. The smallest absolute Gasteiger partial charge is 0.407 e. The Balaban J connectivity index is 1.40. The van der Waals surface area contributed by atoms with Crippen LogP contribution in [0.3, 0.4) is 0 Å². The molecular weight excluding hydrogens is 432 g/mol. The third-order valence-electron chi connectivity index (χ3n) is 7.11. The molecule has 34 heavy (non-hydrogen) atoms. The van der Waals surface area contributed by atoms with Gasteiger partial charge >= 0.3 is 12.1 Å². The Morgan fingerprint density at radius 3 is 2.29 bits per heavy atom. The molecule has 0 bridgehead atoms. The monoisotopic (exact) mass is 464 g/mol. The van der Waals surface area contributed by atoms with Crippen molar-refractivity contribution in [2.45, 2.75) is 63.5 Å². The fourth-order valence-electron chi connectivity index (χ4n) is 5.32. The molecule has 7 heteroatoms. The molecule has 4 rings (SSSR count). The summed E-state index contributed by atoms with van der Waals surface area (Å²) in [6, 6.07) is 15.2. The van der Waals surface area contributed by atoms with Crippen molar-refractivity contribution < 1.29 is 24.2 Å². The van der Waals surface area contributed by atoms with Gasteiger partial charge in [0, 0.05) is 18.4 Å². The van der Waals surface area contributed by atoms with E-state index < -0.39 is 18.1 Å². The van der Waals surface area contributed by atoms with Gasteiger partial charge in [0.05, 0.1) is 0 Å². The lowest BCUT2D eigenvalue weighted by atomic mass is 9.98. The van der Waals surface area contributed by atoms with E-state index in [4.69, 9.17) is 9.84 Å². The van der Waals surface area contributed by atoms with E-state index in [1.54, 1.807) is 0 Å². The zero-order valence-corrected chi connectivity index (χ0v) is 19.5. The predicted molar refractivity (Wildman–Crippen MR) is 128 cm³/mol. The summed E-state index contributed by atoms with van der Waals surface area (Å²) in [6.07, 6.45) is 3.08. The maximum absolute atomic E-state index is 12.9. The van der Waals surface area contributed by atoms with Gasteiger partial charge < -0.3 is 20.5 Å². The number of alkyl carbamates (subject to hydrolysis) is 1. The number of aliphatic carboxylic acids is 1.